The van der Waals surface area contributed by atoms with E-state index in [1.165, 1.54) is 6.07 Å². The Hall–Kier alpha value is -1.55. The summed E-state index contributed by atoms with van der Waals surface area (Å²) in [5, 5.41) is 8.49. The van der Waals surface area contributed by atoms with Crippen LogP contribution in [0.1, 0.15) is 24.2 Å². The average Bonchev–Trinajstić information content (AvgIpc) is 2.20. The van der Waals surface area contributed by atoms with Crippen molar-refractivity contribution in [2.24, 2.45) is 0 Å². The minimum Gasteiger partial charge on any atom is -0.478 e. The van der Waals surface area contributed by atoms with Crippen LogP contribution < -0.4 is 5.73 Å². The summed E-state index contributed by atoms with van der Waals surface area (Å²) in [5.41, 5.74) is 5.80. The summed E-state index contributed by atoms with van der Waals surface area (Å²) in [4.78, 5) is 10.3. The van der Waals surface area contributed by atoms with Crippen molar-refractivity contribution >= 4 is 11.7 Å². The molecule has 0 saturated carbocycles. The molecular formula is C11H17NO3. The van der Waals surface area contributed by atoms with Crippen LogP contribution in [0.25, 0.3) is 0 Å². The summed E-state index contributed by atoms with van der Waals surface area (Å²) in [6.07, 6.45) is 0. The molecule has 0 aromatic heterocycles. The lowest BCUT2D eigenvalue weighted by Gasteiger charge is -1.96. The maximum Gasteiger partial charge on any atom is 0.337 e. The van der Waals surface area contributed by atoms with E-state index in [4.69, 9.17) is 15.6 Å². The van der Waals surface area contributed by atoms with Gasteiger partial charge in [-0.1, -0.05) is 12.1 Å². The summed E-state index contributed by atoms with van der Waals surface area (Å²) in [6, 6.07) is 6.36. The lowest BCUT2D eigenvalue weighted by atomic mass is 10.2. The Balaban J connectivity index is 0.000000336. The third kappa shape index (κ3) is 5.70. The molecule has 4 heteroatoms. The van der Waals surface area contributed by atoms with Gasteiger partial charge in [0.1, 0.15) is 0 Å². The van der Waals surface area contributed by atoms with Gasteiger partial charge in [0.15, 0.2) is 0 Å². The Morgan fingerprint density at radius 2 is 1.87 bits per heavy atom. The Morgan fingerprint density at radius 3 is 2.13 bits per heavy atom. The lowest BCUT2D eigenvalue weighted by Crippen LogP contribution is -2.00. The van der Waals surface area contributed by atoms with E-state index in [1.54, 1.807) is 18.2 Å². The number of carboxylic acids is 1. The Bertz CT molecular complexity index is 298. The number of para-hydroxylation sites is 1. The number of anilines is 1. The van der Waals surface area contributed by atoms with Crippen molar-refractivity contribution < 1.29 is 14.6 Å². The fourth-order valence-corrected chi connectivity index (χ4v) is 0.896. The number of carbonyl (C=O) groups is 1. The number of carboxylic acid groups (broad SMARTS) is 1. The van der Waals surface area contributed by atoms with Crippen molar-refractivity contribution in [1.82, 2.24) is 0 Å². The zero-order chi connectivity index (χ0) is 11.7. The quantitative estimate of drug-likeness (QED) is 0.750. The van der Waals surface area contributed by atoms with Crippen molar-refractivity contribution in [3.8, 4) is 0 Å². The van der Waals surface area contributed by atoms with Crippen molar-refractivity contribution in [1.29, 1.82) is 0 Å². The van der Waals surface area contributed by atoms with Crippen LogP contribution in [0.3, 0.4) is 0 Å². The molecule has 0 heterocycles. The fraction of sp³-hybridized carbons (Fsp3) is 0.364. The zero-order valence-electron chi connectivity index (χ0n) is 9.06. The van der Waals surface area contributed by atoms with Crippen molar-refractivity contribution in [2.75, 3.05) is 18.9 Å². The number of rotatable bonds is 3. The first-order chi connectivity index (χ1) is 7.13. The third-order valence-corrected chi connectivity index (χ3v) is 1.60. The van der Waals surface area contributed by atoms with Crippen LogP contribution >= 0.6 is 0 Å². The Morgan fingerprint density at radius 1 is 1.33 bits per heavy atom. The van der Waals surface area contributed by atoms with Gasteiger partial charge in [0, 0.05) is 18.9 Å². The van der Waals surface area contributed by atoms with E-state index in [0.717, 1.165) is 13.2 Å². The molecule has 0 aliphatic rings. The molecule has 0 bridgehead atoms. The highest BCUT2D eigenvalue weighted by Crippen LogP contribution is 2.08. The van der Waals surface area contributed by atoms with Gasteiger partial charge in [-0.05, 0) is 26.0 Å². The third-order valence-electron chi connectivity index (χ3n) is 1.60. The normalized spacial score (nSPS) is 8.93. The van der Waals surface area contributed by atoms with E-state index in [2.05, 4.69) is 0 Å². The van der Waals surface area contributed by atoms with E-state index in [-0.39, 0.29) is 5.56 Å². The van der Waals surface area contributed by atoms with E-state index < -0.39 is 5.97 Å². The molecule has 0 saturated heterocycles. The van der Waals surface area contributed by atoms with E-state index >= 15 is 0 Å². The van der Waals surface area contributed by atoms with Crippen LogP contribution in [-0.4, -0.2) is 24.3 Å². The van der Waals surface area contributed by atoms with Gasteiger partial charge in [-0.2, -0.15) is 0 Å². The van der Waals surface area contributed by atoms with Crippen molar-refractivity contribution in [3.05, 3.63) is 29.8 Å². The van der Waals surface area contributed by atoms with Crippen molar-refractivity contribution in [2.45, 2.75) is 13.8 Å². The number of benzene rings is 1. The van der Waals surface area contributed by atoms with Gasteiger partial charge in [0.2, 0.25) is 0 Å². The second kappa shape index (κ2) is 7.82. The largest absolute Gasteiger partial charge is 0.478 e. The van der Waals surface area contributed by atoms with Crippen LogP contribution in [0, 0.1) is 0 Å². The van der Waals surface area contributed by atoms with Gasteiger partial charge in [-0.3, -0.25) is 0 Å². The zero-order valence-corrected chi connectivity index (χ0v) is 9.06. The molecule has 1 rings (SSSR count). The lowest BCUT2D eigenvalue weighted by molar-refractivity contribution is 0.0698. The average molecular weight is 211 g/mol. The predicted octanol–water partition coefficient (Wildman–Crippen LogP) is 2.01. The van der Waals surface area contributed by atoms with E-state index in [0.29, 0.717) is 5.69 Å². The maximum atomic E-state index is 10.3. The minimum atomic E-state index is -0.988. The van der Waals surface area contributed by atoms with Gasteiger partial charge < -0.3 is 15.6 Å². The summed E-state index contributed by atoms with van der Waals surface area (Å²) < 4.78 is 4.83. The Labute approximate surface area is 89.7 Å². The van der Waals surface area contributed by atoms with Crippen LogP contribution in [0.5, 0.6) is 0 Å². The summed E-state index contributed by atoms with van der Waals surface area (Å²) in [6.45, 7) is 5.67. The molecular weight excluding hydrogens is 194 g/mol. The molecule has 0 atom stereocenters. The maximum absolute atomic E-state index is 10.3. The molecule has 1 aromatic rings. The molecule has 4 nitrogen and oxygen atoms in total. The number of hydrogen-bond donors (Lipinski definition) is 2. The van der Waals surface area contributed by atoms with Gasteiger partial charge in [-0.15, -0.1) is 0 Å². The second-order valence-corrected chi connectivity index (χ2v) is 2.67. The molecule has 0 aliphatic carbocycles. The standard InChI is InChI=1S/C7H7NO2.C4H10O/c8-6-4-2-1-3-5(6)7(9)10;1-3-5-4-2/h1-4H,8H2,(H,9,10);3-4H2,1-2H3. The summed E-state index contributed by atoms with van der Waals surface area (Å²) in [7, 11) is 0. The van der Waals surface area contributed by atoms with Gasteiger partial charge >= 0.3 is 5.97 Å². The number of ether oxygens (including phenoxy) is 1. The number of hydrogen-bond acceptors (Lipinski definition) is 3. The van der Waals surface area contributed by atoms with Gasteiger partial charge in [-0.25, -0.2) is 4.79 Å². The van der Waals surface area contributed by atoms with Crippen LogP contribution in [0.2, 0.25) is 0 Å². The molecule has 0 unspecified atom stereocenters. The SMILES string of the molecule is CCOCC.Nc1ccccc1C(=O)O. The second-order valence-electron chi connectivity index (χ2n) is 2.67. The first-order valence-electron chi connectivity index (χ1n) is 4.79. The molecule has 84 valence electrons. The smallest absolute Gasteiger partial charge is 0.337 e. The highest BCUT2D eigenvalue weighted by atomic mass is 16.5. The van der Waals surface area contributed by atoms with Crippen LogP contribution in [0.4, 0.5) is 5.69 Å². The molecule has 1 aromatic carbocycles. The fourth-order valence-electron chi connectivity index (χ4n) is 0.896. The molecule has 0 radical (unpaired) electrons. The molecule has 0 amide bonds. The molecule has 15 heavy (non-hydrogen) atoms. The monoisotopic (exact) mass is 211 g/mol. The topological polar surface area (TPSA) is 72.5 Å². The molecule has 3 N–H and O–H groups in total. The highest BCUT2D eigenvalue weighted by Gasteiger charge is 2.03. The number of nitrogens with two attached hydrogens (primary N) is 1. The summed E-state index contributed by atoms with van der Waals surface area (Å²) >= 11 is 0. The molecule has 0 aliphatic heterocycles. The van der Waals surface area contributed by atoms with E-state index in [1.807, 2.05) is 13.8 Å². The predicted molar refractivity (Wildman–Crippen MR) is 60.0 cm³/mol. The minimum absolute atomic E-state index is 0.155. The van der Waals surface area contributed by atoms with E-state index in [9.17, 15) is 4.79 Å². The van der Waals surface area contributed by atoms with Crippen LogP contribution in [-0.2, 0) is 4.74 Å². The summed E-state index contributed by atoms with van der Waals surface area (Å²) in [5.74, 6) is -0.988. The number of aromatic carboxylic acids is 1. The Kier molecular flexibility index (Phi) is 7.01. The first-order valence-corrected chi connectivity index (χ1v) is 4.79. The molecule has 0 fully saturated rings. The molecule has 0 spiro atoms. The highest BCUT2D eigenvalue weighted by molar-refractivity contribution is 5.93. The number of nitrogen functional groups attached to an aromatic ring is 1. The first kappa shape index (κ1) is 13.4. The van der Waals surface area contributed by atoms with Gasteiger partial charge in [0.05, 0.1) is 5.56 Å². The van der Waals surface area contributed by atoms with Crippen LogP contribution in [0.15, 0.2) is 24.3 Å². The van der Waals surface area contributed by atoms with Gasteiger partial charge in [0.25, 0.3) is 0 Å². The van der Waals surface area contributed by atoms with Crippen molar-refractivity contribution in [3.63, 3.8) is 0 Å².